The molecular formula is C10H16N4. The monoisotopic (exact) mass is 192 g/mol. The molecule has 1 rings (SSSR count). The van der Waals surface area contributed by atoms with E-state index < -0.39 is 0 Å². The van der Waals surface area contributed by atoms with Gasteiger partial charge in [-0.2, -0.15) is 0 Å². The van der Waals surface area contributed by atoms with Crippen LogP contribution >= 0.6 is 0 Å². The molecule has 0 heterocycles. The largest absolute Gasteiger partial charge is 0.369 e. The van der Waals surface area contributed by atoms with Gasteiger partial charge in [-0.25, -0.2) is 10.8 Å². The van der Waals surface area contributed by atoms with E-state index in [2.05, 4.69) is 10.4 Å². The van der Waals surface area contributed by atoms with Crippen molar-refractivity contribution in [2.75, 3.05) is 0 Å². The van der Waals surface area contributed by atoms with Crippen LogP contribution in [0.4, 0.5) is 0 Å². The molecule has 0 saturated heterocycles. The number of guanidine groups is 1. The van der Waals surface area contributed by atoms with Gasteiger partial charge in [-0.05, 0) is 19.4 Å². The molecule has 0 aliphatic rings. The van der Waals surface area contributed by atoms with Crippen molar-refractivity contribution in [1.82, 2.24) is 5.43 Å². The molecule has 14 heavy (non-hydrogen) atoms. The molecule has 0 aliphatic heterocycles. The van der Waals surface area contributed by atoms with E-state index in [1.807, 2.05) is 44.2 Å². The molecule has 76 valence electrons. The first-order chi connectivity index (χ1) is 6.56. The fourth-order valence-electron chi connectivity index (χ4n) is 1.24. The minimum Gasteiger partial charge on any atom is -0.369 e. The number of rotatable bonds is 2. The summed E-state index contributed by atoms with van der Waals surface area (Å²) < 4.78 is 0. The summed E-state index contributed by atoms with van der Waals surface area (Å²) >= 11 is 0. The molecule has 0 atom stereocenters. The minimum atomic E-state index is -0.363. The summed E-state index contributed by atoms with van der Waals surface area (Å²) in [7, 11) is 0. The smallest absolute Gasteiger partial charge is 0.203 e. The number of aliphatic imine (C=N–C) groups is 1. The van der Waals surface area contributed by atoms with Crippen molar-refractivity contribution < 1.29 is 0 Å². The lowest BCUT2D eigenvalue weighted by Crippen LogP contribution is -2.39. The number of benzene rings is 1. The van der Waals surface area contributed by atoms with E-state index >= 15 is 0 Å². The van der Waals surface area contributed by atoms with E-state index in [1.165, 1.54) is 0 Å². The highest BCUT2D eigenvalue weighted by atomic mass is 15.3. The van der Waals surface area contributed by atoms with Gasteiger partial charge in [-0.1, -0.05) is 30.3 Å². The van der Waals surface area contributed by atoms with Crippen molar-refractivity contribution >= 4 is 5.96 Å². The first-order valence-electron chi connectivity index (χ1n) is 4.44. The number of hydrogen-bond acceptors (Lipinski definition) is 2. The maximum atomic E-state index is 5.51. The molecule has 0 amide bonds. The first kappa shape index (κ1) is 10.5. The number of nitrogens with one attached hydrogen (secondary N) is 1. The van der Waals surface area contributed by atoms with Gasteiger partial charge < -0.3 is 5.73 Å². The summed E-state index contributed by atoms with van der Waals surface area (Å²) in [5.74, 6) is 5.39. The molecule has 0 spiro atoms. The Hall–Kier alpha value is -1.55. The van der Waals surface area contributed by atoms with Crippen LogP contribution in [-0.4, -0.2) is 5.96 Å². The van der Waals surface area contributed by atoms with Crippen LogP contribution in [0, 0.1) is 0 Å². The van der Waals surface area contributed by atoms with Gasteiger partial charge in [0.25, 0.3) is 0 Å². The number of hydrazine groups is 1. The van der Waals surface area contributed by atoms with Crippen LogP contribution in [0.1, 0.15) is 19.4 Å². The van der Waals surface area contributed by atoms with Gasteiger partial charge in [0, 0.05) is 0 Å². The number of hydrogen-bond donors (Lipinski definition) is 3. The Bertz CT molecular complexity index is 316. The fourth-order valence-corrected chi connectivity index (χ4v) is 1.24. The quantitative estimate of drug-likeness (QED) is 0.279. The van der Waals surface area contributed by atoms with Gasteiger partial charge in [0.2, 0.25) is 5.96 Å². The summed E-state index contributed by atoms with van der Waals surface area (Å²) in [6.45, 7) is 3.96. The zero-order valence-corrected chi connectivity index (χ0v) is 8.49. The van der Waals surface area contributed by atoms with Crippen LogP contribution in [0.25, 0.3) is 0 Å². The van der Waals surface area contributed by atoms with Gasteiger partial charge in [-0.15, -0.1) is 0 Å². The van der Waals surface area contributed by atoms with E-state index in [9.17, 15) is 0 Å². The van der Waals surface area contributed by atoms with E-state index in [1.54, 1.807) is 0 Å². The molecule has 0 aromatic heterocycles. The Morgan fingerprint density at radius 1 is 1.29 bits per heavy atom. The first-order valence-corrected chi connectivity index (χ1v) is 4.44. The molecule has 0 unspecified atom stereocenters. The second-order valence-corrected chi connectivity index (χ2v) is 3.57. The van der Waals surface area contributed by atoms with Crippen LogP contribution < -0.4 is 17.0 Å². The molecule has 5 N–H and O–H groups in total. The Balaban J connectivity index is 2.97. The molecule has 0 fully saturated rings. The van der Waals surface area contributed by atoms with Gasteiger partial charge in [0.1, 0.15) is 0 Å². The summed E-state index contributed by atoms with van der Waals surface area (Å²) in [4.78, 5) is 4.26. The summed E-state index contributed by atoms with van der Waals surface area (Å²) in [5.41, 5.74) is 8.56. The normalized spacial score (nSPS) is 12.6. The third-order valence-corrected chi connectivity index (χ3v) is 2.03. The van der Waals surface area contributed by atoms with E-state index in [0.717, 1.165) is 5.56 Å². The summed E-state index contributed by atoms with van der Waals surface area (Å²) in [6.07, 6.45) is 0. The lowest BCUT2D eigenvalue weighted by molar-refractivity contribution is 0.553. The maximum absolute atomic E-state index is 5.51. The second-order valence-electron chi connectivity index (χ2n) is 3.57. The topological polar surface area (TPSA) is 76.4 Å². The van der Waals surface area contributed by atoms with Crippen LogP contribution in [0.3, 0.4) is 0 Å². The van der Waals surface area contributed by atoms with Crippen molar-refractivity contribution in [3.63, 3.8) is 0 Å². The molecule has 0 bridgehead atoms. The molecule has 0 aliphatic carbocycles. The molecule has 1 aromatic carbocycles. The predicted octanol–water partition coefficient (Wildman–Crippen LogP) is 0.700. The molecular weight excluding hydrogens is 176 g/mol. The van der Waals surface area contributed by atoms with E-state index in [-0.39, 0.29) is 11.5 Å². The Kier molecular flexibility index (Phi) is 3.09. The lowest BCUT2D eigenvalue weighted by Gasteiger charge is -2.20. The Morgan fingerprint density at radius 2 is 1.86 bits per heavy atom. The molecule has 4 nitrogen and oxygen atoms in total. The van der Waals surface area contributed by atoms with Crippen LogP contribution in [0.15, 0.2) is 35.3 Å². The molecule has 0 radical (unpaired) electrons. The highest BCUT2D eigenvalue weighted by Gasteiger charge is 2.18. The SMILES string of the molecule is CC(C)(N=C(N)NN)c1ccccc1. The van der Waals surface area contributed by atoms with Gasteiger partial charge in [0.05, 0.1) is 5.54 Å². The molecule has 1 aromatic rings. The van der Waals surface area contributed by atoms with Crippen molar-refractivity contribution in [2.24, 2.45) is 16.6 Å². The van der Waals surface area contributed by atoms with E-state index in [0.29, 0.717) is 0 Å². The van der Waals surface area contributed by atoms with Crippen LogP contribution in [0.5, 0.6) is 0 Å². The van der Waals surface area contributed by atoms with Crippen LogP contribution in [-0.2, 0) is 5.54 Å². The van der Waals surface area contributed by atoms with Crippen molar-refractivity contribution in [2.45, 2.75) is 19.4 Å². The average Bonchev–Trinajstić information content (AvgIpc) is 2.18. The molecule has 4 heteroatoms. The zero-order valence-electron chi connectivity index (χ0n) is 8.49. The van der Waals surface area contributed by atoms with E-state index in [4.69, 9.17) is 11.6 Å². The highest BCUT2D eigenvalue weighted by molar-refractivity contribution is 5.77. The van der Waals surface area contributed by atoms with Crippen molar-refractivity contribution in [3.8, 4) is 0 Å². The van der Waals surface area contributed by atoms with Gasteiger partial charge in [-0.3, -0.25) is 5.43 Å². The second kappa shape index (κ2) is 4.11. The number of nitrogens with two attached hydrogens (primary N) is 2. The van der Waals surface area contributed by atoms with Gasteiger partial charge in [0.15, 0.2) is 0 Å². The highest BCUT2D eigenvalue weighted by Crippen LogP contribution is 2.23. The Morgan fingerprint density at radius 3 is 2.36 bits per heavy atom. The summed E-state index contributed by atoms with van der Waals surface area (Å²) in [6, 6.07) is 9.92. The average molecular weight is 192 g/mol. The standard InChI is InChI=1S/C10H16N4/c1-10(2,13-9(11)14-12)8-6-4-3-5-7-8/h3-7H,12H2,1-2H3,(H3,11,13,14). The maximum Gasteiger partial charge on any atom is 0.203 e. The minimum absolute atomic E-state index is 0.235. The predicted molar refractivity (Wildman–Crippen MR) is 58.4 cm³/mol. The van der Waals surface area contributed by atoms with Crippen LogP contribution in [0.2, 0.25) is 0 Å². The Labute approximate surface area is 84.0 Å². The zero-order chi connectivity index (χ0) is 10.6. The lowest BCUT2D eigenvalue weighted by atomic mass is 9.95. The fraction of sp³-hybridized carbons (Fsp3) is 0.300. The number of nitrogens with zero attached hydrogens (tertiary/aromatic N) is 1. The third-order valence-electron chi connectivity index (χ3n) is 2.03. The van der Waals surface area contributed by atoms with Crippen molar-refractivity contribution in [3.05, 3.63) is 35.9 Å². The molecule has 0 saturated carbocycles. The van der Waals surface area contributed by atoms with Gasteiger partial charge >= 0.3 is 0 Å². The van der Waals surface area contributed by atoms with Crippen molar-refractivity contribution in [1.29, 1.82) is 0 Å². The summed E-state index contributed by atoms with van der Waals surface area (Å²) in [5, 5.41) is 0. The third kappa shape index (κ3) is 2.47.